The number of carbonyl (C=O) groups excluding carboxylic acids is 1. The molecule has 1 fully saturated rings. The van der Waals surface area contributed by atoms with Crippen LogP contribution in [0.5, 0.6) is 0 Å². The number of alkyl halides is 3. The van der Waals surface area contributed by atoms with Crippen LogP contribution in [0.25, 0.3) is 11.1 Å². The zero-order chi connectivity index (χ0) is 25.6. The number of hydrogen-bond donors (Lipinski definition) is 2. The predicted molar refractivity (Wildman–Crippen MR) is 122 cm³/mol. The minimum Gasteiger partial charge on any atom is -0.475 e. The number of carboxylic acids is 1. The van der Waals surface area contributed by atoms with Crippen LogP contribution in [0.4, 0.5) is 19.1 Å². The van der Waals surface area contributed by atoms with Crippen molar-refractivity contribution in [2.45, 2.75) is 32.1 Å². The van der Waals surface area contributed by atoms with Gasteiger partial charge in [-0.2, -0.15) is 13.2 Å². The average molecular weight is 490 g/mol. The fourth-order valence-electron chi connectivity index (χ4n) is 3.05. The maximum Gasteiger partial charge on any atom is 0.490 e. The Kier molecular flexibility index (Phi) is 8.05. The molecule has 0 aromatic carbocycles. The molecule has 1 aliphatic rings. The van der Waals surface area contributed by atoms with Crippen molar-refractivity contribution in [3.05, 3.63) is 60.4 Å². The molecule has 186 valence electrons. The van der Waals surface area contributed by atoms with Crippen molar-refractivity contribution in [3.63, 3.8) is 0 Å². The van der Waals surface area contributed by atoms with Crippen LogP contribution >= 0.6 is 0 Å². The Hall–Kier alpha value is -3.96. The lowest BCUT2D eigenvalue weighted by molar-refractivity contribution is -0.192. The molecular weight excluding hydrogens is 465 g/mol. The Balaban J connectivity index is 0.000000429. The number of halogens is 3. The van der Waals surface area contributed by atoms with Crippen molar-refractivity contribution in [1.82, 2.24) is 24.8 Å². The predicted octanol–water partition coefficient (Wildman–Crippen LogP) is 3.38. The average Bonchev–Trinajstić information content (AvgIpc) is 3.54. The van der Waals surface area contributed by atoms with E-state index in [1.807, 2.05) is 49.5 Å². The number of aromatic nitrogens is 4. The number of nitrogens with zero attached hydrogens (tertiary/aromatic N) is 5. The van der Waals surface area contributed by atoms with Crippen molar-refractivity contribution in [1.29, 1.82) is 0 Å². The summed E-state index contributed by atoms with van der Waals surface area (Å²) in [5.74, 6) is -1.53. The molecule has 0 aliphatic heterocycles. The van der Waals surface area contributed by atoms with Gasteiger partial charge in [0.1, 0.15) is 5.69 Å². The van der Waals surface area contributed by atoms with Crippen molar-refractivity contribution < 1.29 is 27.9 Å². The van der Waals surface area contributed by atoms with E-state index in [0.717, 1.165) is 23.4 Å². The zero-order valence-electron chi connectivity index (χ0n) is 19.2. The van der Waals surface area contributed by atoms with Gasteiger partial charge in [-0.05, 0) is 37.0 Å². The number of nitrogens with one attached hydrogen (secondary N) is 1. The second-order valence-electron chi connectivity index (χ2n) is 8.18. The number of carboxylic acid groups (broad SMARTS) is 1. The highest BCUT2D eigenvalue weighted by Crippen LogP contribution is 2.32. The van der Waals surface area contributed by atoms with Crippen LogP contribution in [-0.4, -0.2) is 56.8 Å². The molecule has 0 radical (unpaired) electrons. The smallest absolute Gasteiger partial charge is 0.475 e. The van der Waals surface area contributed by atoms with Crippen molar-refractivity contribution in [2.24, 2.45) is 5.92 Å². The lowest BCUT2D eigenvalue weighted by Gasteiger charge is -2.09. The fourth-order valence-corrected chi connectivity index (χ4v) is 3.05. The monoisotopic (exact) mass is 490 g/mol. The number of amides is 1. The van der Waals surface area contributed by atoms with E-state index >= 15 is 0 Å². The molecule has 4 rings (SSSR count). The highest BCUT2D eigenvalue weighted by molar-refractivity contribution is 5.94. The van der Waals surface area contributed by atoms with Crippen LogP contribution in [0.2, 0.25) is 0 Å². The Morgan fingerprint density at radius 3 is 2.31 bits per heavy atom. The quantitative estimate of drug-likeness (QED) is 0.522. The van der Waals surface area contributed by atoms with Gasteiger partial charge in [-0.3, -0.25) is 9.78 Å². The van der Waals surface area contributed by atoms with E-state index in [2.05, 4.69) is 24.8 Å². The van der Waals surface area contributed by atoms with Gasteiger partial charge in [0.15, 0.2) is 0 Å². The van der Waals surface area contributed by atoms with Gasteiger partial charge in [0.25, 0.3) is 5.91 Å². The Morgan fingerprint density at radius 1 is 1.14 bits per heavy atom. The summed E-state index contributed by atoms with van der Waals surface area (Å²) in [4.78, 5) is 36.6. The van der Waals surface area contributed by atoms with Crippen molar-refractivity contribution in [3.8, 4) is 11.1 Å². The largest absolute Gasteiger partial charge is 0.490 e. The van der Waals surface area contributed by atoms with E-state index in [9.17, 15) is 18.0 Å². The van der Waals surface area contributed by atoms with E-state index in [4.69, 9.17) is 9.90 Å². The minimum atomic E-state index is -5.08. The summed E-state index contributed by atoms with van der Waals surface area (Å²) >= 11 is 0. The summed E-state index contributed by atoms with van der Waals surface area (Å²) in [6.07, 6.45) is 4.73. The van der Waals surface area contributed by atoms with Crippen LogP contribution in [0.1, 0.15) is 29.0 Å². The molecule has 1 amide bonds. The Morgan fingerprint density at radius 2 is 1.80 bits per heavy atom. The Bertz CT molecular complexity index is 1140. The van der Waals surface area contributed by atoms with Gasteiger partial charge >= 0.3 is 12.1 Å². The summed E-state index contributed by atoms with van der Waals surface area (Å²) in [7, 11) is 3.82. The summed E-state index contributed by atoms with van der Waals surface area (Å²) < 4.78 is 33.8. The summed E-state index contributed by atoms with van der Waals surface area (Å²) in [6.45, 7) is 1.27. The van der Waals surface area contributed by atoms with E-state index in [1.54, 1.807) is 18.6 Å². The van der Waals surface area contributed by atoms with E-state index in [0.29, 0.717) is 24.1 Å². The number of hydrogen-bond acceptors (Lipinski definition) is 6. The van der Waals surface area contributed by atoms with Crippen LogP contribution in [0.15, 0.2) is 49.1 Å². The number of anilines is 1. The second kappa shape index (κ2) is 11.0. The fraction of sp³-hybridized carbons (Fsp3) is 0.348. The molecule has 35 heavy (non-hydrogen) atoms. The molecule has 1 saturated carbocycles. The normalized spacial score (nSPS) is 12.9. The molecular formula is C23H25F3N6O3. The van der Waals surface area contributed by atoms with Gasteiger partial charge in [0, 0.05) is 56.6 Å². The van der Waals surface area contributed by atoms with E-state index < -0.39 is 12.1 Å². The molecule has 1 aliphatic carbocycles. The van der Waals surface area contributed by atoms with Gasteiger partial charge in [-0.25, -0.2) is 14.8 Å². The maximum atomic E-state index is 12.8. The first kappa shape index (κ1) is 25.7. The summed E-state index contributed by atoms with van der Waals surface area (Å²) in [5, 5.41) is 10.1. The van der Waals surface area contributed by atoms with Crippen molar-refractivity contribution in [2.75, 3.05) is 19.0 Å². The van der Waals surface area contributed by atoms with Crippen LogP contribution in [0.3, 0.4) is 0 Å². The van der Waals surface area contributed by atoms with Crippen LogP contribution in [0, 0.1) is 5.92 Å². The lowest BCUT2D eigenvalue weighted by Crippen LogP contribution is -2.26. The molecule has 0 spiro atoms. The van der Waals surface area contributed by atoms with Gasteiger partial charge < -0.3 is 19.9 Å². The molecule has 3 aromatic heterocycles. The maximum absolute atomic E-state index is 12.8. The first-order valence-electron chi connectivity index (χ1n) is 10.7. The number of carbonyl (C=O) groups is 2. The standard InChI is InChI=1S/C21H24N6O.C2HF3O2/c1-26(2)21-24-10-17(11-25-21)16-9-19(27(14-16)13-15-6-7-15)20(28)23-12-18-5-3-4-8-22-18;3-2(4,5)1(6)7/h3-5,8-11,14-15H,6-7,12-13H2,1-2H3,(H,23,28);(H,6,7). The minimum absolute atomic E-state index is 0.0941. The lowest BCUT2D eigenvalue weighted by atomic mass is 10.2. The third-order valence-electron chi connectivity index (χ3n) is 5.05. The number of aliphatic carboxylic acids is 1. The van der Waals surface area contributed by atoms with Gasteiger partial charge in [0.05, 0.1) is 12.2 Å². The van der Waals surface area contributed by atoms with Crippen LogP contribution in [-0.2, 0) is 17.9 Å². The number of rotatable bonds is 7. The Labute approximate surface area is 199 Å². The summed E-state index contributed by atoms with van der Waals surface area (Å²) in [6, 6.07) is 7.60. The highest BCUT2D eigenvalue weighted by Gasteiger charge is 2.38. The molecule has 9 nitrogen and oxygen atoms in total. The molecule has 0 unspecified atom stereocenters. The number of pyridine rings is 1. The molecule has 0 atom stereocenters. The molecule has 2 N–H and O–H groups in total. The van der Waals surface area contributed by atoms with Crippen LogP contribution < -0.4 is 10.2 Å². The van der Waals surface area contributed by atoms with Gasteiger partial charge in [-0.1, -0.05) is 6.07 Å². The van der Waals surface area contributed by atoms with Gasteiger partial charge in [0.2, 0.25) is 5.95 Å². The third kappa shape index (κ3) is 7.52. The molecule has 0 saturated heterocycles. The second-order valence-corrected chi connectivity index (χ2v) is 8.18. The zero-order valence-corrected chi connectivity index (χ0v) is 19.2. The first-order valence-corrected chi connectivity index (χ1v) is 10.7. The third-order valence-corrected chi connectivity index (χ3v) is 5.05. The first-order chi connectivity index (χ1) is 16.5. The summed E-state index contributed by atoms with van der Waals surface area (Å²) in [5.41, 5.74) is 3.35. The van der Waals surface area contributed by atoms with Crippen molar-refractivity contribution >= 4 is 17.8 Å². The molecule has 12 heteroatoms. The SMILES string of the molecule is CN(C)c1ncc(-c2cc(C(=O)NCc3ccccn3)n(CC3CC3)c2)cn1.O=C(O)C(F)(F)F. The molecule has 0 bridgehead atoms. The topological polar surface area (TPSA) is 113 Å². The molecule has 3 heterocycles. The van der Waals surface area contributed by atoms with E-state index in [-0.39, 0.29) is 5.91 Å². The van der Waals surface area contributed by atoms with Gasteiger partial charge in [-0.15, -0.1) is 0 Å². The van der Waals surface area contributed by atoms with E-state index in [1.165, 1.54) is 12.8 Å². The highest BCUT2D eigenvalue weighted by atomic mass is 19.4. The molecule has 3 aromatic rings.